The second-order valence-electron chi connectivity index (χ2n) is 9.48. The summed E-state index contributed by atoms with van der Waals surface area (Å²) in [4.78, 5) is 28.2. The molecule has 198 valence electrons. The number of rotatable bonds is 11. The number of hydrogen-bond donors (Lipinski definition) is 1. The molecule has 2 aromatic carbocycles. The minimum atomic E-state index is -3.89. The number of nitrogens with one attached hydrogen (secondary N) is 1. The molecule has 0 saturated carbocycles. The maximum atomic E-state index is 13.7. The standard InChI is InChI=1S/C26H36FN3O5S/c1-7-21(25(32)28-26(3,4)5)29(17-19-13-15-20(27)16-14-19)24(31)18-30(36(6,33)34)22-11-9-10-12-23(22)35-8-2/h9-16,21H,7-8,17-18H2,1-6H3,(H,28,32)/t21-/m1/s1. The van der Waals surface area contributed by atoms with Crippen LogP contribution in [0.25, 0.3) is 0 Å². The maximum Gasteiger partial charge on any atom is 0.244 e. The predicted molar refractivity (Wildman–Crippen MR) is 139 cm³/mol. The molecule has 36 heavy (non-hydrogen) atoms. The van der Waals surface area contributed by atoms with Crippen molar-refractivity contribution >= 4 is 27.5 Å². The fraction of sp³-hybridized carbons (Fsp3) is 0.462. The number of carbonyl (C=O) groups excluding carboxylic acids is 2. The summed E-state index contributed by atoms with van der Waals surface area (Å²) in [5.41, 5.74) is 0.293. The Morgan fingerprint density at radius 1 is 1.06 bits per heavy atom. The summed E-state index contributed by atoms with van der Waals surface area (Å²) in [6.45, 7) is 8.82. The van der Waals surface area contributed by atoms with Crippen LogP contribution in [0.15, 0.2) is 48.5 Å². The van der Waals surface area contributed by atoms with Gasteiger partial charge in [-0.25, -0.2) is 12.8 Å². The van der Waals surface area contributed by atoms with Gasteiger partial charge in [-0.1, -0.05) is 31.2 Å². The van der Waals surface area contributed by atoms with E-state index >= 15 is 0 Å². The number of carbonyl (C=O) groups is 2. The van der Waals surface area contributed by atoms with Gasteiger partial charge in [0.25, 0.3) is 0 Å². The summed E-state index contributed by atoms with van der Waals surface area (Å²) in [6.07, 6.45) is 1.31. The number of benzene rings is 2. The quantitative estimate of drug-likeness (QED) is 0.486. The highest BCUT2D eigenvalue weighted by molar-refractivity contribution is 7.92. The molecule has 1 N–H and O–H groups in total. The van der Waals surface area contributed by atoms with Gasteiger partial charge >= 0.3 is 0 Å². The van der Waals surface area contributed by atoms with Crippen molar-refractivity contribution in [1.29, 1.82) is 0 Å². The van der Waals surface area contributed by atoms with Crippen LogP contribution in [0, 0.1) is 5.82 Å². The fourth-order valence-electron chi connectivity index (χ4n) is 3.69. The number of ether oxygens (including phenoxy) is 1. The van der Waals surface area contributed by atoms with Crippen molar-refractivity contribution < 1.29 is 27.1 Å². The number of sulfonamides is 1. The van der Waals surface area contributed by atoms with Gasteiger partial charge in [-0.05, 0) is 63.9 Å². The first-order valence-corrected chi connectivity index (χ1v) is 13.7. The number of nitrogens with zero attached hydrogens (tertiary/aromatic N) is 2. The lowest BCUT2D eigenvalue weighted by Crippen LogP contribution is -2.55. The van der Waals surface area contributed by atoms with Gasteiger partial charge in [0.05, 0.1) is 18.6 Å². The van der Waals surface area contributed by atoms with E-state index < -0.39 is 39.9 Å². The number of anilines is 1. The fourth-order valence-corrected chi connectivity index (χ4v) is 4.55. The van der Waals surface area contributed by atoms with E-state index in [4.69, 9.17) is 4.74 Å². The predicted octanol–water partition coefficient (Wildman–Crippen LogP) is 3.71. The Kier molecular flexibility index (Phi) is 9.86. The van der Waals surface area contributed by atoms with E-state index in [-0.39, 0.29) is 18.1 Å². The molecule has 0 aliphatic rings. The van der Waals surface area contributed by atoms with Crippen molar-refractivity contribution in [2.75, 3.05) is 23.7 Å². The molecule has 1 atom stereocenters. The molecule has 0 radical (unpaired) electrons. The summed E-state index contributed by atoms with van der Waals surface area (Å²) in [5, 5.41) is 2.90. The van der Waals surface area contributed by atoms with Crippen molar-refractivity contribution in [2.24, 2.45) is 0 Å². The Hall–Kier alpha value is -3.14. The molecule has 0 aliphatic heterocycles. The smallest absolute Gasteiger partial charge is 0.244 e. The van der Waals surface area contributed by atoms with Gasteiger partial charge in [0, 0.05) is 12.1 Å². The molecular weight excluding hydrogens is 485 g/mol. The maximum absolute atomic E-state index is 13.7. The first-order chi connectivity index (χ1) is 16.8. The van der Waals surface area contributed by atoms with Crippen LogP contribution < -0.4 is 14.4 Å². The van der Waals surface area contributed by atoms with Crippen LogP contribution in [-0.4, -0.2) is 56.1 Å². The zero-order valence-electron chi connectivity index (χ0n) is 21.7. The van der Waals surface area contributed by atoms with E-state index in [9.17, 15) is 22.4 Å². The zero-order chi connectivity index (χ0) is 27.1. The molecule has 2 aromatic rings. The molecule has 0 fully saturated rings. The molecule has 8 nitrogen and oxygen atoms in total. The third-order valence-electron chi connectivity index (χ3n) is 5.26. The minimum absolute atomic E-state index is 0.000108. The zero-order valence-corrected chi connectivity index (χ0v) is 22.6. The Balaban J connectivity index is 2.49. The van der Waals surface area contributed by atoms with E-state index in [1.807, 2.05) is 20.8 Å². The molecule has 0 heterocycles. The molecule has 0 spiro atoms. The Bertz CT molecular complexity index is 1150. The molecule has 2 rings (SSSR count). The number of hydrogen-bond acceptors (Lipinski definition) is 5. The monoisotopic (exact) mass is 521 g/mol. The van der Waals surface area contributed by atoms with Crippen molar-refractivity contribution in [3.8, 4) is 5.75 Å². The molecule has 10 heteroatoms. The average molecular weight is 522 g/mol. The van der Waals surface area contributed by atoms with Crippen LogP contribution in [0.4, 0.5) is 10.1 Å². The SMILES string of the molecule is CCOc1ccccc1N(CC(=O)N(Cc1ccc(F)cc1)[C@H](CC)C(=O)NC(C)(C)C)S(C)(=O)=O. The minimum Gasteiger partial charge on any atom is -0.492 e. The summed E-state index contributed by atoms with van der Waals surface area (Å²) < 4.78 is 45.6. The normalized spacial score (nSPS) is 12.5. The van der Waals surface area contributed by atoms with Gasteiger partial charge < -0.3 is 15.0 Å². The lowest BCUT2D eigenvalue weighted by Gasteiger charge is -2.34. The van der Waals surface area contributed by atoms with Gasteiger partial charge in [0.15, 0.2) is 0 Å². The van der Waals surface area contributed by atoms with Crippen LogP contribution in [0.3, 0.4) is 0 Å². The van der Waals surface area contributed by atoms with Crippen molar-refractivity contribution in [3.05, 3.63) is 59.9 Å². The highest BCUT2D eigenvalue weighted by atomic mass is 32.2. The third-order valence-corrected chi connectivity index (χ3v) is 6.39. The lowest BCUT2D eigenvalue weighted by molar-refractivity contribution is -0.141. The Morgan fingerprint density at radius 3 is 2.19 bits per heavy atom. The van der Waals surface area contributed by atoms with E-state index in [0.29, 0.717) is 24.3 Å². The van der Waals surface area contributed by atoms with Crippen molar-refractivity contribution in [1.82, 2.24) is 10.2 Å². The van der Waals surface area contributed by atoms with Gasteiger partial charge in [0.1, 0.15) is 24.2 Å². The van der Waals surface area contributed by atoms with Crippen LogP contribution in [-0.2, 0) is 26.2 Å². The molecule has 2 amide bonds. The first kappa shape index (κ1) is 29.1. The second-order valence-corrected chi connectivity index (χ2v) is 11.4. The summed E-state index contributed by atoms with van der Waals surface area (Å²) in [5.74, 6) is -1.04. The lowest BCUT2D eigenvalue weighted by atomic mass is 10.1. The Labute approximate surface area is 213 Å². The molecule has 0 saturated heterocycles. The number of para-hydroxylation sites is 2. The van der Waals surface area contributed by atoms with Crippen LogP contribution in [0.1, 0.15) is 46.6 Å². The van der Waals surface area contributed by atoms with E-state index in [2.05, 4.69) is 5.32 Å². The van der Waals surface area contributed by atoms with Gasteiger partial charge in [-0.2, -0.15) is 0 Å². The molecule has 0 unspecified atom stereocenters. The number of amides is 2. The summed E-state index contributed by atoms with van der Waals surface area (Å²) in [7, 11) is -3.89. The van der Waals surface area contributed by atoms with Crippen molar-refractivity contribution in [3.63, 3.8) is 0 Å². The average Bonchev–Trinajstić information content (AvgIpc) is 2.77. The molecule has 0 aromatic heterocycles. The largest absolute Gasteiger partial charge is 0.492 e. The van der Waals surface area contributed by atoms with Crippen LogP contribution in [0.5, 0.6) is 5.75 Å². The van der Waals surface area contributed by atoms with Gasteiger partial charge in [-0.3, -0.25) is 13.9 Å². The van der Waals surface area contributed by atoms with E-state index in [1.165, 1.54) is 29.2 Å². The van der Waals surface area contributed by atoms with Crippen LogP contribution in [0.2, 0.25) is 0 Å². The Morgan fingerprint density at radius 2 is 1.67 bits per heavy atom. The van der Waals surface area contributed by atoms with Crippen LogP contribution >= 0.6 is 0 Å². The highest BCUT2D eigenvalue weighted by Crippen LogP contribution is 2.30. The molecule has 0 bridgehead atoms. The van der Waals surface area contributed by atoms with E-state index in [0.717, 1.165) is 10.6 Å². The van der Waals surface area contributed by atoms with E-state index in [1.54, 1.807) is 38.1 Å². The number of halogens is 1. The van der Waals surface area contributed by atoms with Gasteiger partial charge in [-0.15, -0.1) is 0 Å². The third kappa shape index (κ3) is 8.22. The van der Waals surface area contributed by atoms with Gasteiger partial charge in [0.2, 0.25) is 21.8 Å². The summed E-state index contributed by atoms with van der Waals surface area (Å²) >= 11 is 0. The highest BCUT2D eigenvalue weighted by Gasteiger charge is 2.33. The molecule has 0 aliphatic carbocycles. The van der Waals surface area contributed by atoms with Crippen molar-refractivity contribution in [2.45, 2.75) is 59.2 Å². The summed E-state index contributed by atoms with van der Waals surface area (Å²) in [6, 6.07) is 11.3. The second kappa shape index (κ2) is 12.2. The molecular formula is C26H36FN3O5S. The topological polar surface area (TPSA) is 96.0 Å². The first-order valence-electron chi connectivity index (χ1n) is 11.8.